The molecule has 0 fully saturated rings. The van der Waals surface area contributed by atoms with Crippen molar-refractivity contribution >= 4 is 0 Å². The molecule has 2 atom stereocenters. The van der Waals surface area contributed by atoms with E-state index in [9.17, 15) is 0 Å². The lowest BCUT2D eigenvalue weighted by atomic mass is 9.87. The van der Waals surface area contributed by atoms with Crippen LogP contribution in [0.5, 0.6) is 0 Å². The molecule has 2 heteroatoms. The molecule has 0 aromatic heterocycles. The smallest absolute Gasteiger partial charge is 0.0464 e. The lowest BCUT2D eigenvalue weighted by molar-refractivity contribution is 0.161. The second-order valence-corrected chi connectivity index (χ2v) is 5.36. The second kappa shape index (κ2) is 10.1. The summed E-state index contributed by atoms with van der Waals surface area (Å²) in [5.74, 6) is 2.31. The highest BCUT2D eigenvalue weighted by Crippen LogP contribution is 2.20. The van der Waals surface area contributed by atoms with Crippen LogP contribution < -0.4 is 5.32 Å². The van der Waals surface area contributed by atoms with Crippen LogP contribution in [0, 0.1) is 17.8 Å². The molecule has 0 saturated carbocycles. The quantitative estimate of drug-likeness (QED) is 0.620. The van der Waals surface area contributed by atoms with Gasteiger partial charge in [0.15, 0.2) is 0 Å². The molecule has 0 aliphatic rings. The highest BCUT2D eigenvalue weighted by Gasteiger charge is 2.15. The lowest BCUT2D eigenvalue weighted by Gasteiger charge is -2.24. The van der Waals surface area contributed by atoms with Gasteiger partial charge in [-0.1, -0.05) is 34.1 Å². The summed E-state index contributed by atoms with van der Waals surface area (Å²) in [5, 5.41) is 3.59. The first-order valence-corrected chi connectivity index (χ1v) is 6.81. The van der Waals surface area contributed by atoms with E-state index in [1.165, 1.54) is 19.3 Å². The van der Waals surface area contributed by atoms with Crippen LogP contribution in [0.2, 0.25) is 0 Å². The largest absolute Gasteiger partial charge is 0.385 e. The molecule has 16 heavy (non-hydrogen) atoms. The van der Waals surface area contributed by atoms with Crippen molar-refractivity contribution in [3.05, 3.63) is 0 Å². The SMILES string of the molecule is CCCC(CNCC(C)C)C(C)CCOC. The van der Waals surface area contributed by atoms with Crippen LogP contribution in [0.3, 0.4) is 0 Å². The monoisotopic (exact) mass is 229 g/mol. The van der Waals surface area contributed by atoms with Crippen LogP contribution in [0.15, 0.2) is 0 Å². The Morgan fingerprint density at radius 2 is 1.75 bits per heavy atom. The van der Waals surface area contributed by atoms with Crippen molar-refractivity contribution in [3.63, 3.8) is 0 Å². The van der Waals surface area contributed by atoms with E-state index in [-0.39, 0.29) is 0 Å². The lowest BCUT2D eigenvalue weighted by Crippen LogP contribution is -2.30. The molecule has 0 aliphatic heterocycles. The first kappa shape index (κ1) is 15.9. The fourth-order valence-corrected chi connectivity index (χ4v) is 2.06. The van der Waals surface area contributed by atoms with Crippen LogP contribution in [-0.2, 0) is 4.74 Å². The Bertz CT molecular complexity index is 148. The predicted octanol–water partition coefficient (Wildman–Crippen LogP) is 3.32. The van der Waals surface area contributed by atoms with Crippen LogP contribution in [0.25, 0.3) is 0 Å². The maximum Gasteiger partial charge on any atom is 0.0464 e. The summed E-state index contributed by atoms with van der Waals surface area (Å²) in [4.78, 5) is 0. The molecule has 0 saturated heterocycles. The third-order valence-corrected chi connectivity index (χ3v) is 3.20. The fraction of sp³-hybridized carbons (Fsp3) is 1.00. The van der Waals surface area contributed by atoms with Crippen LogP contribution >= 0.6 is 0 Å². The van der Waals surface area contributed by atoms with Gasteiger partial charge in [-0.05, 0) is 43.7 Å². The highest BCUT2D eigenvalue weighted by molar-refractivity contribution is 4.69. The van der Waals surface area contributed by atoms with Gasteiger partial charge in [0, 0.05) is 13.7 Å². The van der Waals surface area contributed by atoms with Crippen molar-refractivity contribution in [2.75, 3.05) is 26.8 Å². The predicted molar refractivity (Wildman–Crippen MR) is 71.8 cm³/mol. The molecule has 0 radical (unpaired) electrons. The molecule has 2 nitrogen and oxygen atoms in total. The zero-order chi connectivity index (χ0) is 12.4. The van der Waals surface area contributed by atoms with Gasteiger partial charge in [0.2, 0.25) is 0 Å². The van der Waals surface area contributed by atoms with Crippen molar-refractivity contribution in [1.82, 2.24) is 5.32 Å². The Morgan fingerprint density at radius 1 is 1.06 bits per heavy atom. The van der Waals surface area contributed by atoms with E-state index >= 15 is 0 Å². The molecule has 98 valence electrons. The summed E-state index contributed by atoms with van der Waals surface area (Å²) >= 11 is 0. The average molecular weight is 229 g/mol. The van der Waals surface area contributed by atoms with Gasteiger partial charge in [0.05, 0.1) is 0 Å². The first-order chi connectivity index (χ1) is 7.61. The molecular formula is C14H31NO. The van der Waals surface area contributed by atoms with Crippen molar-refractivity contribution in [1.29, 1.82) is 0 Å². The third-order valence-electron chi connectivity index (χ3n) is 3.20. The van der Waals surface area contributed by atoms with Gasteiger partial charge in [-0.3, -0.25) is 0 Å². The van der Waals surface area contributed by atoms with Crippen molar-refractivity contribution < 1.29 is 4.74 Å². The normalized spacial score (nSPS) is 15.4. The van der Waals surface area contributed by atoms with Gasteiger partial charge in [0.1, 0.15) is 0 Å². The molecule has 0 spiro atoms. The Kier molecular flexibility index (Phi) is 10.0. The highest BCUT2D eigenvalue weighted by atomic mass is 16.5. The first-order valence-electron chi connectivity index (χ1n) is 6.81. The van der Waals surface area contributed by atoms with Gasteiger partial charge in [-0.2, -0.15) is 0 Å². The summed E-state index contributed by atoms with van der Waals surface area (Å²) < 4.78 is 5.16. The van der Waals surface area contributed by atoms with E-state index < -0.39 is 0 Å². The maximum atomic E-state index is 5.16. The summed E-state index contributed by atoms with van der Waals surface area (Å²) in [6, 6.07) is 0. The number of ether oxygens (including phenoxy) is 1. The van der Waals surface area contributed by atoms with E-state index in [1.807, 2.05) is 0 Å². The van der Waals surface area contributed by atoms with E-state index in [2.05, 4.69) is 33.0 Å². The zero-order valence-electron chi connectivity index (χ0n) is 11.9. The molecule has 0 aromatic carbocycles. The van der Waals surface area contributed by atoms with E-state index in [1.54, 1.807) is 7.11 Å². The summed E-state index contributed by atoms with van der Waals surface area (Å²) in [6.45, 7) is 12.3. The molecule has 1 N–H and O–H groups in total. The number of hydrogen-bond acceptors (Lipinski definition) is 2. The van der Waals surface area contributed by atoms with Crippen molar-refractivity contribution in [2.24, 2.45) is 17.8 Å². The number of rotatable bonds is 10. The Balaban J connectivity index is 3.84. The fourth-order valence-electron chi connectivity index (χ4n) is 2.06. The summed E-state index contributed by atoms with van der Waals surface area (Å²) in [7, 11) is 1.79. The van der Waals surface area contributed by atoms with Crippen molar-refractivity contribution in [2.45, 2.75) is 47.0 Å². The minimum Gasteiger partial charge on any atom is -0.385 e. The number of nitrogens with one attached hydrogen (secondary N) is 1. The van der Waals surface area contributed by atoms with E-state index in [0.717, 1.165) is 37.5 Å². The standard InChI is InChI=1S/C14H31NO/c1-6-7-14(11-15-10-12(2)3)13(4)8-9-16-5/h12-15H,6-11H2,1-5H3. The van der Waals surface area contributed by atoms with Gasteiger partial charge in [0.25, 0.3) is 0 Å². The molecule has 0 aromatic rings. The van der Waals surface area contributed by atoms with Crippen LogP contribution in [-0.4, -0.2) is 26.8 Å². The molecule has 0 bridgehead atoms. The molecule has 0 heterocycles. The van der Waals surface area contributed by atoms with E-state index in [4.69, 9.17) is 4.74 Å². The molecule has 0 amide bonds. The maximum absolute atomic E-state index is 5.16. The van der Waals surface area contributed by atoms with Crippen molar-refractivity contribution in [3.8, 4) is 0 Å². The summed E-state index contributed by atoms with van der Waals surface area (Å²) in [5.41, 5.74) is 0. The number of methoxy groups -OCH3 is 1. The topological polar surface area (TPSA) is 21.3 Å². The summed E-state index contributed by atoms with van der Waals surface area (Å²) in [6.07, 6.45) is 3.80. The van der Waals surface area contributed by atoms with Gasteiger partial charge in [-0.15, -0.1) is 0 Å². The zero-order valence-corrected chi connectivity index (χ0v) is 11.9. The van der Waals surface area contributed by atoms with E-state index in [0.29, 0.717) is 0 Å². The number of hydrogen-bond donors (Lipinski definition) is 1. The van der Waals surface area contributed by atoms with Gasteiger partial charge < -0.3 is 10.1 Å². The van der Waals surface area contributed by atoms with Crippen LogP contribution in [0.4, 0.5) is 0 Å². The Morgan fingerprint density at radius 3 is 2.25 bits per heavy atom. The minimum absolute atomic E-state index is 0.747. The van der Waals surface area contributed by atoms with Gasteiger partial charge in [-0.25, -0.2) is 0 Å². The second-order valence-electron chi connectivity index (χ2n) is 5.36. The third kappa shape index (κ3) is 8.12. The average Bonchev–Trinajstić information content (AvgIpc) is 2.24. The molecule has 0 rings (SSSR count). The molecular weight excluding hydrogens is 198 g/mol. The van der Waals surface area contributed by atoms with Crippen LogP contribution in [0.1, 0.15) is 47.0 Å². The molecule has 0 aliphatic carbocycles. The van der Waals surface area contributed by atoms with Gasteiger partial charge >= 0.3 is 0 Å². The minimum atomic E-state index is 0.747. The molecule has 2 unspecified atom stereocenters. The Labute approximate surface area is 102 Å². The Hall–Kier alpha value is -0.0800.